The molecule has 4 heteroatoms. The van der Waals surface area contributed by atoms with Crippen LogP contribution in [0.2, 0.25) is 0 Å². The molecule has 1 heterocycles. The van der Waals surface area contributed by atoms with E-state index < -0.39 is 0 Å². The molecule has 1 fully saturated rings. The molecule has 0 aliphatic carbocycles. The Kier molecular flexibility index (Phi) is 4.19. The summed E-state index contributed by atoms with van der Waals surface area (Å²) in [7, 11) is 0. The lowest BCUT2D eigenvalue weighted by molar-refractivity contribution is 0.172. The Morgan fingerprint density at radius 3 is 2.45 bits per heavy atom. The fourth-order valence-electron chi connectivity index (χ4n) is 3.01. The lowest BCUT2D eigenvalue weighted by Gasteiger charge is -2.24. The quantitative estimate of drug-likeness (QED) is 0.947. The highest BCUT2D eigenvalue weighted by Gasteiger charge is 2.31. The molecule has 1 saturated heterocycles. The van der Waals surface area contributed by atoms with E-state index in [1.165, 1.54) is 12.1 Å². The molecule has 1 N–H and O–H groups in total. The highest BCUT2D eigenvalue weighted by Crippen LogP contribution is 2.33. The number of benzene rings is 2. The zero-order valence-electron chi connectivity index (χ0n) is 12.1. The van der Waals surface area contributed by atoms with E-state index in [0.717, 1.165) is 11.1 Å². The molecule has 0 spiro atoms. The normalized spacial score (nSPS) is 21.7. The van der Waals surface area contributed by atoms with Crippen molar-refractivity contribution in [1.29, 1.82) is 5.26 Å². The van der Waals surface area contributed by atoms with Gasteiger partial charge in [0, 0.05) is 19.1 Å². The summed E-state index contributed by atoms with van der Waals surface area (Å²) >= 11 is 0. The lowest BCUT2D eigenvalue weighted by atomic mass is 10.0. The Labute approximate surface area is 129 Å². The van der Waals surface area contributed by atoms with E-state index in [0.29, 0.717) is 25.1 Å². The van der Waals surface area contributed by atoms with Gasteiger partial charge in [0.25, 0.3) is 0 Å². The summed E-state index contributed by atoms with van der Waals surface area (Å²) in [6.07, 6.45) is 0.287. The molecule has 0 saturated carbocycles. The minimum Gasteiger partial charge on any atom is -0.392 e. The Bertz CT molecular complexity index is 676. The number of aliphatic hydroxyl groups excluding tert-OH is 1. The number of likely N-dealkylation sites (tertiary alicyclic amines) is 1. The summed E-state index contributed by atoms with van der Waals surface area (Å²) < 4.78 is 13.1. The third kappa shape index (κ3) is 3.16. The number of nitrogens with zero attached hydrogens (tertiary/aromatic N) is 2. The van der Waals surface area contributed by atoms with E-state index in [2.05, 4.69) is 11.0 Å². The lowest BCUT2D eigenvalue weighted by Crippen LogP contribution is -2.24. The molecule has 2 aromatic rings. The highest BCUT2D eigenvalue weighted by atomic mass is 19.1. The molecule has 1 aliphatic rings. The van der Waals surface area contributed by atoms with Crippen LogP contribution in [0.4, 0.5) is 4.39 Å². The van der Waals surface area contributed by atoms with Crippen LogP contribution < -0.4 is 0 Å². The maximum Gasteiger partial charge on any atom is 0.123 e. The van der Waals surface area contributed by atoms with Gasteiger partial charge in [-0.15, -0.1) is 0 Å². The minimum absolute atomic E-state index is 0.0891. The van der Waals surface area contributed by atoms with E-state index in [1.54, 1.807) is 24.3 Å². The van der Waals surface area contributed by atoms with Crippen LogP contribution in [-0.2, 0) is 6.54 Å². The van der Waals surface area contributed by atoms with Crippen LogP contribution >= 0.6 is 0 Å². The zero-order valence-corrected chi connectivity index (χ0v) is 12.1. The molecule has 2 atom stereocenters. The molecule has 0 radical (unpaired) electrons. The molecule has 0 unspecified atom stereocenters. The molecule has 112 valence electrons. The highest BCUT2D eigenvalue weighted by molar-refractivity contribution is 5.32. The van der Waals surface area contributed by atoms with Crippen LogP contribution in [0, 0.1) is 17.1 Å². The average Bonchev–Trinajstić information content (AvgIpc) is 2.89. The fraction of sp³-hybridized carbons (Fsp3) is 0.278. The second kappa shape index (κ2) is 6.27. The first-order chi connectivity index (χ1) is 10.7. The monoisotopic (exact) mass is 296 g/mol. The third-order valence-electron chi connectivity index (χ3n) is 4.10. The predicted octanol–water partition coefficient (Wildman–Crippen LogP) is 3.01. The molecule has 3 rings (SSSR count). The van der Waals surface area contributed by atoms with Crippen molar-refractivity contribution >= 4 is 0 Å². The molecule has 0 amide bonds. The van der Waals surface area contributed by atoms with Gasteiger partial charge in [-0.2, -0.15) is 5.26 Å². The van der Waals surface area contributed by atoms with Crippen LogP contribution in [-0.4, -0.2) is 22.7 Å². The fourth-order valence-corrected chi connectivity index (χ4v) is 3.01. The van der Waals surface area contributed by atoms with Gasteiger partial charge in [-0.3, -0.25) is 4.90 Å². The van der Waals surface area contributed by atoms with Gasteiger partial charge in [0.1, 0.15) is 5.82 Å². The second-order valence-corrected chi connectivity index (χ2v) is 5.70. The van der Waals surface area contributed by atoms with Gasteiger partial charge in [-0.25, -0.2) is 4.39 Å². The van der Waals surface area contributed by atoms with E-state index in [9.17, 15) is 9.50 Å². The third-order valence-corrected chi connectivity index (χ3v) is 4.10. The molecule has 3 nitrogen and oxygen atoms in total. The van der Waals surface area contributed by atoms with E-state index >= 15 is 0 Å². The number of hydrogen-bond acceptors (Lipinski definition) is 3. The summed E-state index contributed by atoms with van der Waals surface area (Å²) in [4.78, 5) is 2.19. The smallest absolute Gasteiger partial charge is 0.123 e. The first-order valence-electron chi connectivity index (χ1n) is 7.32. The summed E-state index contributed by atoms with van der Waals surface area (Å²) in [5, 5.41) is 18.8. The SMILES string of the molecule is N#Cc1ccc(CN2C[C@@H](O)C[C@@H]2c2ccc(F)cc2)cc1. The molecular weight excluding hydrogens is 279 g/mol. The molecular formula is C18H17FN2O. The standard InChI is InChI=1S/C18H17FN2O/c19-16-7-5-15(6-8-16)18-9-17(22)12-21(18)11-14-3-1-13(10-20)2-4-14/h1-8,17-18,22H,9,11-12H2/t17-,18+/m0/s1. The van der Waals surface area contributed by atoms with E-state index in [-0.39, 0.29) is 18.0 Å². The first-order valence-corrected chi connectivity index (χ1v) is 7.32. The van der Waals surface area contributed by atoms with Gasteiger partial charge in [0.2, 0.25) is 0 Å². The van der Waals surface area contributed by atoms with Crippen molar-refractivity contribution in [1.82, 2.24) is 4.90 Å². The first kappa shape index (κ1) is 14.7. The Hall–Kier alpha value is -2.22. The molecule has 2 aromatic carbocycles. The van der Waals surface area contributed by atoms with Gasteiger partial charge in [-0.1, -0.05) is 24.3 Å². The van der Waals surface area contributed by atoms with Gasteiger partial charge < -0.3 is 5.11 Å². The predicted molar refractivity (Wildman–Crippen MR) is 81.3 cm³/mol. The van der Waals surface area contributed by atoms with Crippen LogP contribution in [0.25, 0.3) is 0 Å². The van der Waals surface area contributed by atoms with Crippen molar-refractivity contribution in [3.8, 4) is 6.07 Å². The van der Waals surface area contributed by atoms with Crippen LogP contribution in [0.3, 0.4) is 0 Å². The zero-order chi connectivity index (χ0) is 15.5. The summed E-state index contributed by atoms with van der Waals surface area (Å²) in [6.45, 7) is 1.30. The number of halogens is 1. The van der Waals surface area contributed by atoms with Crippen LogP contribution in [0.5, 0.6) is 0 Å². The Balaban J connectivity index is 1.78. The van der Waals surface area contributed by atoms with Crippen molar-refractivity contribution in [3.05, 3.63) is 71.0 Å². The van der Waals surface area contributed by atoms with Crippen LogP contribution in [0.1, 0.15) is 29.2 Å². The van der Waals surface area contributed by atoms with Gasteiger partial charge in [-0.05, 0) is 41.8 Å². The molecule has 22 heavy (non-hydrogen) atoms. The van der Waals surface area contributed by atoms with Gasteiger partial charge in [0.15, 0.2) is 0 Å². The molecule has 1 aliphatic heterocycles. The van der Waals surface area contributed by atoms with Crippen molar-refractivity contribution in [2.24, 2.45) is 0 Å². The van der Waals surface area contributed by atoms with E-state index in [1.807, 2.05) is 12.1 Å². The summed E-state index contributed by atoms with van der Waals surface area (Å²) in [6, 6.07) is 16.1. The van der Waals surface area contributed by atoms with Gasteiger partial charge in [0.05, 0.1) is 17.7 Å². The second-order valence-electron chi connectivity index (χ2n) is 5.70. The van der Waals surface area contributed by atoms with Crippen molar-refractivity contribution < 1.29 is 9.50 Å². The number of nitriles is 1. The van der Waals surface area contributed by atoms with Crippen molar-refractivity contribution in [3.63, 3.8) is 0 Å². The number of aliphatic hydroxyl groups is 1. The Morgan fingerprint density at radius 1 is 1.14 bits per heavy atom. The van der Waals surface area contributed by atoms with Crippen molar-refractivity contribution in [2.45, 2.75) is 25.1 Å². The topological polar surface area (TPSA) is 47.3 Å². The number of β-amino-alcohol motifs (C(OH)–C–C–N with tert-alkyl or cyclic N) is 1. The largest absolute Gasteiger partial charge is 0.392 e. The minimum atomic E-state index is -0.367. The van der Waals surface area contributed by atoms with E-state index in [4.69, 9.17) is 5.26 Å². The molecule has 0 aromatic heterocycles. The average molecular weight is 296 g/mol. The van der Waals surface area contributed by atoms with Crippen LogP contribution in [0.15, 0.2) is 48.5 Å². The van der Waals surface area contributed by atoms with Crippen molar-refractivity contribution in [2.75, 3.05) is 6.54 Å². The summed E-state index contributed by atoms with van der Waals surface area (Å²) in [5.41, 5.74) is 2.76. The number of hydrogen-bond donors (Lipinski definition) is 1. The maximum atomic E-state index is 13.1. The maximum absolute atomic E-state index is 13.1. The summed E-state index contributed by atoms with van der Waals surface area (Å²) in [5.74, 6) is -0.249. The molecule has 0 bridgehead atoms. The number of rotatable bonds is 3. The van der Waals surface area contributed by atoms with Gasteiger partial charge >= 0.3 is 0 Å². The Morgan fingerprint density at radius 2 is 1.82 bits per heavy atom.